The smallest absolute Gasteiger partial charge is 0.225 e. The second kappa shape index (κ2) is 6.24. The van der Waals surface area contributed by atoms with Crippen molar-refractivity contribution in [3.8, 4) is 0 Å². The van der Waals surface area contributed by atoms with Crippen LogP contribution < -0.4 is 4.90 Å². The Morgan fingerprint density at radius 2 is 1.92 bits per heavy atom. The summed E-state index contributed by atoms with van der Waals surface area (Å²) >= 11 is 1.86. The van der Waals surface area contributed by atoms with Gasteiger partial charge in [0.2, 0.25) is 5.91 Å². The summed E-state index contributed by atoms with van der Waals surface area (Å²) in [7, 11) is 0. The first-order valence-corrected chi connectivity index (χ1v) is 10.4. The summed E-state index contributed by atoms with van der Waals surface area (Å²) in [6.45, 7) is 3.58. The van der Waals surface area contributed by atoms with Crippen molar-refractivity contribution in [1.82, 2.24) is 14.9 Å². The van der Waals surface area contributed by atoms with Crippen LogP contribution in [0, 0.1) is 5.92 Å². The highest BCUT2D eigenvalue weighted by Gasteiger charge is 2.34. The molecule has 6 heteroatoms. The van der Waals surface area contributed by atoms with Crippen LogP contribution in [-0.4, -0.2) is 47.0 Å². The number of nitrogens with zero attached hydrogens (tertiary/aromatic N) is 4. The van der Waals surface area contributed by atoms with Crippen molar-refractivity contribution in [2.75, 3.05) is 31.1 Å². The molecule has 0 bridgehead atoms. The van der Waals surface area contributed by atoms with Gasteiger partial charge in [-0.1, -0.05) is 0 Å². The Labute approximate surface area is 152 Å². The van der Waals surface area contributed by atoms with Gasteiger partial charge < -0.3 is 9.80 Å². The Kier molecular flexibility index (Phi) is 3.88. The third-order valence-electron chi connectivity index (χ3n) is 5.77. The predicted molar refractivity (Wildman–Crippen MR) is 100 cm³/mol. The number of aryl methyl sites for hydroxylation is 2. The minimum atomic E-state index is 0.321. The highest BCUT2D eigenvalue weighted by atomic mass is 32.1. The van der Waals surface area contributed by atoms with Gasteiger partial charge in [-0.25, -0.2) is 9.97 Å². The molecule has 2 aliphatic carbocycles. The molecule has 5 rings (SSSR count). The first-order valence-electron chi connectivity index (χ1n) is 9.60. The van der Waals surface area contributed by atoms with Crippen LogP contribution in [0.2, 0.25) is 0 Å². The van der Waals surface area contributed by atoms with Gasteiger partial charge in [-0.05, 0) is 50.5 Å². The monoisotopic (exact) mass is 356 g/mol. The fourth-order valence-electron chi connectivity index (χ4n) is 4.25. The minimum Gasteiger partial charge on any atom is -0.354 e. The molecule has 3 heterocycles. The first-order chi connectivity index (χ1) is 12.3. The topological polar surface area (TPSA) is 49.3 Å². The fraction of sp³-hybridized carbons (Fsp3) is 0.632. The van der Waals surface area contributed by atoms with Gasteiger partial charge in [-0.2, -0.15) is 0 Å². The lowest BCUT2D eigenvalue weighted by atomic mass is 9.97. The SMILES string of the molecule is O=C(C1CC1)N1CCCN(c2ncnc3sc4c(c23)CCCC4)CC1. The molecule has 132 valence electrons. The molecule has 1 aliphatic heterocycles. The molecule has 1 saturated carbocycles. The van der Waals surface area contributed by atoms with Crippen molar-refractivity contribution in [2.45, 2.75) is 44.9 Å². The zero-order valence-electron chi connectivity index (χ0n) is 14.5. The van der Waals surface area contributed by atoms with E-state index < -0.39 is 0 Å². The Morgan fingerprint density at radius 1 is 1.04 bits per heavy atom. The Morgan fingerprint density at radius 3 is 2.80 bits per heavy atom. The average Bonchev–Trinajstić information content (AvgIpc) is 3.44. The van der Waals surface area contributed by atoms with E-state index in [-0.39, 0.29) is 0 Å². The lowest BCUT2D eigenvalue weighted by molar-refractivity contribution is -0.132. The quantitative estimate of drug-likeness (QED) is 0.830. The lowest BCUT2D eigenvalue weighted by Crippen LogP contribution is -2.36. The first kappa shape index (κ1) is 15.6. The molecule has 0 spiro atoms. The number of anilines is 1. The van der Waals surface area contributed by atoms with Gasteiger partial charge in [0, 0.05) is 37.0 Å². The minimum absolute atomic E-state index is 0.321. The third kappa shape index (κ3) is 2.80. The van der Waals surface area contributed by atoms with Crippen LogP contribution in [0.15, 0.2) is 6.33 Å². The molecule has 2 fully saturated rings. The van der Waals surface area contributed by atoms with Gasteiger partial charge in [-0.15, -0.1) is 11.3 Å². The molecule has 3 aliphatic rings. The van der Waals surface area contributed by atoms with Crippen LogP contribution >= 0.6 is 11.3 Å². The van der Waals surface area contributed by atoms with Gasteiger partial charge in [-0.3, -0.25) is 4.79 Å². The molecule has 0 unspecified atom stereocenters. The van der Waals surface area contributed by atoms with Crippen LogP contribution in [0.1, 0.15) is 42.5 Å². The summed E-state index contributed by atoms with van der Waals surface area (Å²) in [6, 6.07) is 0. The maximum absolute atomic E-state index is 12.4. The van der Waals surface area contributed by atoms with E-state index in [0.29, 0.717) is 11.8 Å². The van der Waals surface area contributed by atoms with E-state index in [1.54, 1.807) is 6.33 Å². The van der Waals surface area contributed by atoms with E-state index in [2.05, 4.69) is 19.8 Å². The van der Waals surface area contributed by atoms with Crippen molar-refractivity contribution < 1.29 is 4.79 Å². The Hall–Kier alpha value is -1.69. The number of fused-ring (bicyclic) bond motifs is 3. The van der Waals surface area contributed by atoms with Crippen molar-refractivity contribution in [2.24, 2.45) is 5.92 Å². The number of thiophene rings is 1. The zero-order valence-corrected chi connectivity index (χ0v) is 15.4. The van der Waals surface area contributed by atoms with Crippen LogP contribution in [0.25, 0.3) is 10.2 Å². The van der Waals surface area contributed by atoms with E-state index in [4.69, 9.17) is 0 Å². The molecule has 1 saturated heterocycles. The second-order valence-electron chi connectivity index (χ2n) is 7.53. The van der Waals surface area contributed by atoms with Crippen molar-refractivity contribution in [3.05, 3.63) is 16.8 Å². The van der Waals surface area contributed by atoms with Crippen molar-refractivity contribution in [1.29, 1.82) is 0 Å². The predicted octanol–water partition coefficient (Wildman–Crippen LogP) is 3.02. The zero-order chi connectivity index (χ0) is 16.8. The molecule has 0 atom stereocenters. The summed E-state index contributed by atoms with van der Waals surface area (Å²) in [5, 5.41) is 1.30. The van der Waals surface area contributed by atoms with Gasteiger partial charge in [0.25, 0.3) is 0 Å². The highest BCUT2D eigenvalue weighted by molar-refractivity contribution is 7.19. The number of rotatable bonds is 2. The van der Waals surface area contributed by atoms with Crippen LogP contribution in [0.5, 0.6) is 0 Å². The molecule has 0 N–H and O–H groups in total. The van der Waals surface area contributed by atoms with E-state index >= 15 is 0 Å². The Balaban J connectivity index is 1.44. The van der Waals surface area contributed by atoms with E-state index in [9.17, 15) is 4.79 Å². The second-order valence-corrected chi connectivity index (χ2v) is 8.61. The number of hydrogen-bond donors (Lipinski definition) is 0. The number of carbonyl (C=O) groups is 1. The van der Waals surface area contributed by atoms with Gasteiger partial charge in [0.15, 0.2) is 0 Å². The number of aromatic nitrogens is 2. The highest BCUT2D eigenvalue weighted by Crippen LogP contribution is 2.39. The fourth-order valence-corrected chi connectivity index (χ4v) is 5.47. The van der Waals surface area contributed by atoms with Crippen molar-refractivity contribution >= 4 is 33.3 Å². The van der Waals surface area contributed by atoms with Crippen LogP contribution in [0.4, 0.5) is 5.82 Å². The lowest BCUT2D eigenvalue weighted by Gasteiger charge is -2.24. The standard InChI is InChI=1S/C19H24N4OS/c24-19(13-6-7-13)23-9-3-8-22(10-11-23)17-16-14-4-1-2-5-15(14)25-18(16)21-12-20-17/h12-13H,1-11H2. The molecular weight excluding hydrogens is 332 g/mol. The molecule has 0 radical (unpaired) electrons. The number of carbonyl (C=O) groups excluding carboxylic acids is 1. The summed E-state index contributed by atoms with van der Waals surface area (Å²) in [6.07, 6.45) is 9.85. The maximum Gasteiger partial charge on any atom is 0.225 e. The number of hydrogen-bond acceptors (Lipinski definition) is 5. The Bertz CT molecular complexity index is 813. The largest absolute Gasteiger partial charge is 0.354 e. The molecule has 0 aromatic carbocycles. The van der Waals surface area contributed by atoms with Crippen LogP contribution in [0.3, 0.4) is 0 Å². The summed E-state index contributed by atoms with van der Waals surface area (Å²) in [4.78, 5) is 28.8. The molecule has 2 aromatic rings. The van der Waals surface area contributed by atoms with E-state index in [1.165, 1.54) is 35.1 Å². The van der Waals surface area contributed by atoms with Crippen LogP contribution in [-0.2, 0) is 17.6 Å². The molecule has 2 aromatic heterocycles. The third-order valence-corrected chi connectivity index (χ3v) is 6.96. The van der Waals surface area contributed by atoms with Crippen molar-refractivity contribution in [3.63, 3.8) is 0 Å². The molecule has 1 amide bonds. The van der Waals surface area contributed by atoms with E-state index in [1.807, 2.05) is 11.3 Å². The molecule has 5 nitrogen and oxygen atoms in total. The number of amides is 1. The van der Waals surface area contributed by atoms with Gasteiger partial charge >= 0.3 is 0 Å². The maximum atomic E-state index is 12.4. The normalized spacial score (nSPS) is 21.3. The summed E-state index contributed by atoms with van der Waals surface area (Å²) in [5.41, 5.74) is 1.50. The van der Waals surface area contributed by atoms with Gasteiger partial charge in [0.05, 0.1) is 5.39 Å². The summed E-state index contributed by atoms with van der Waals surface area (Å²) < 4.78 is 0. The van der Waals surface area contributed by atoms with Gasteiger partial charge in [0.1, 0.15) is 17.0 Å². The molecule has 25 heavy (non-hydrogen) atoms. The summed E-state index contributed by atoms with van der Waals surface area (Å²) in [5.74, 6) is 1.80. The average molecular weight is 356 g/mol. The van der Waals surface area contributed by atoms with E-state index in [0.717, 1.165) is 62.5 Å². The molecular formula is C19H24N4OS.